The van der Waals surface area contributed by atoms with E-state index in [0.29, 0.717) is 6.10 Å². The maximum Gasteiger partial charge on any atom is 0.208 e. The van der Waals surface area contributed by atoms with Crippen LogP contribution in [0.3, 0.4) is 0 Å². The zero-order valence-corrected chi connectivity index (χ0v) is 11.1. The molecule has 2 heterocycles. The van der Waals surface area contributed by atoms with Gasteiger partial charge in [-0.05, 0) is 35.2 Å². The molecule has 1 saturated heterocycles. The van der Waals surface area contributed by atoms with Gasteiger partial charge in [0.25, 0.3) is 0 Å². The third-order valence-corrected chi connectivity index (χ3v) is 3.94. The first-order valence-corrected chi connectivity index (χ1v) is 6.68. The van der Waals surface area contributed by atoms with E-state index in [0.717, 1.165) is 28.6 Å². The van der Waals surface area contributed by atoms with Crippen LogP contribution in [-0.4, -0.2) is 36.5 Å². The van der Waals surface area contributed by atoms with Crippen molar-refractivity contribution in [1.29, 1.82) is 0 Å². The molecule has 0 spiro atoms. The summed E-state index contributed by atoms with van der Waals surface area (Å²) in [5, 5.41) is 8.95. The number of hydrogen-bond donors (Lipinski definition) is 0. The van der Waals surface area contributed by atoms with Crippen molar-refractivity contribution in [3.8, 4) is 0 Å². The molecule has 1 atom stereocenters. The summed E-state index contributed by atoms with van der Waals surface area (Å²) >= 11 is 4.86. The maximum absolute atomic E-state index is 5.68. The van der Waals surface area contributed by atoms with Gasteiger partial charge in [0.05, 0.1) is 6.10 Å². The molecule has 0 aliphatic carbocycles. The van der Waals surface area contributed by atoms with Crippen LogP contribution in [0.15, 0.2) is 3.92 Å². The molecule has 15 heavy (non-hydrogen) atoms. The minimum absolute atomic E-state index is 0.353. The van der Waals surface area contributed by atoms with Gasteiger partial charge in [-0.15, -0.1) is 10.2 Å². The predicted octanol–water partition coefficient (Wildman–Crippen LogP) is 2.31. The van der Waals surface area contributed by atoms with E-state index < -0.39 is 0 Å². The number of hydrogen-bond acceptors (Lipinski definition) is 5. The van der Waals surface area contributed by atoms with Crippen molar-refractivity contribution in [1.82, 2.24) is 10.2 Å². The van der Waals surface area contributed by atoms with Gasteiger partial charge in [0.1, 0.15) is 0 Å². The average Bonchev–Trinajstić information content (AvgIpc) is 2.66. The number of anilines is 1. The van der Waals surface area contributed by atoms with E-state index in [1.807, 2.05) is 7.05 Å². The Bertz CT molecular complexity index is 314. The Morgan fingerprint density at radius 2 is 2.40 bits per heavy atom. The third kappa shape index (κ3) is 3.12. The lowest BCUT2D eigenvalue weighted by atomic mass is 10.1. The summed E-state index contributed by atoms with van der Waals surface area (Å²) in [6, 6.07) is 0. The predicted molar refractivity (Wildman–Crippen MR) is 64.5 cm³/mol. The second kappa shape index (κ2) is 5.23. The second-order valence-corrected chi connectivity index (χ2v) is 5.94. The van der Waals surface area contributed by atoms with Gasteiger partial charge in [-0.25, -0.2) is 0 Å². The summed E-state index contributed by atoms with van der Waals surface area (Å²) in [4.78, 5) is 2.11. The largest absolute Gasteiger partial charge is 0.376 e. The van der Waals surface area contributed by atoms with Crippen molar-refractivity contribution in [2.45, 2.75) is 25.4 Å². The van der Waals surface area contributed by atoms with Gasteiger partial charge in [0.2, 0.25) is 5.13 Å². The lowest BCUT2D eigenvalue weighted by molar-refractivity contribution is 0.0216. The van der Waals surface area contributed by atoms with Crippen LogP contribution in [0.5, 0.6) is 0 Å². The van der Waals surface area contributed by atoms with E-state index >= 15 is 0 Å². The van der Waals surface area contributed by atoms with Gasteiger partial charge in [-0.3, -0.25) is 0 Å². The van der Waals surface area contributed by atoms with E-state index in [1.54, 1.807) is 11.3 Å². The van der Waals surface area contributed by atoms with Crippen LogP contribution in [0.1, 0.15) is 19.3 Å². The number of aromatic nitrogens is 2. The molecule has 1 fully saturated rings. The summed E-state index contributed by atoms with van der Waals surface area (Å²) in [6.07, 6.45) is 3.99. The van der Waals surface area contributed by atoms with Crippen LogP contribution in [0, 0.1) is 0 Å². The van der Waals surface area contributed by atoms with Crippen LogP contribution < -0.4 is 4.90 Å². The first-order valence-electron chi connectivity index (χ1n) is 5.07. The van der Waals surface area contributed by atoms with Gasteiger partial charge in [0, 0.05) is 20.2 Å². The SMILES string of the molecule is CN(CC1CCCCO1)c1nnc(Br)s1. The summed E-state index contributed by atoms with van der Waals surface area (Å²) < 4.78 is 6.51. The molecule has 1 aliphatic rings. The van der Waals surface area contributed by atoms with Gasteiger partial charge in [0.15, 0.2) is 3.92 Å². The van der Waals surface area contributed by atoms with Crippen molar-refractivity contribution in [2.24, 2.45) is 0 Å². The zero-order valence-electron chi connectivity index (χ0n) is 8.65. The Labute approximate surface area is 102 Å². The lowest BCUT2D eigenvalue weighted by Gasteiger charge is -2.26. The Morgan fingerprint density at radius 1 is 1.53 bits per heavy atom. The molecule has 4 nitrogen and oxygen atoms in total. The number of nitrogens with zero attached hydrogens (tertiary/aromatic N) is 3. The standard InChI is InChI=1S/C9H14BrN3OS/c1-13(9-12-11-8(10)15-9)6-7-4-2-3-5-14-7/h7H,2-6H2,1H3. The highest BCUT2D eigenvalue weighted by Crippen LogP contribution is 2.24. The smallest absolute Gasteiger partial charge is 0.208 e. The van der Waals surface area contributed by atoms with Crippen LogP contribution in [0.4, 0.5) is 5.13 Å². The van der Waals surface area contributed by atoms with Gasteiger partial charge in [-0.2, -0.15) is 0 Å². The number of halogens is 1. The molecule has 0 amide bonds. The van der Waals surface area contributed by atoms with Crippen LogP contribution >= 0.6 is 27.3 Å². The quantitative estimate of drug-likeness (QED) is 0.857. The van der Waals surface area contributed by atoms with Crippen molar-refractivity contribution in [3.63, 3.8) is 0 Å². The molecule has 0 radical (unpaired) electrons. The van der Waals surface area contributed by atoms with E-state index in [-0.39, 0.29) is 0 Å². The van der Waals surface area contributed by atoms with Gasteiger partial charge >= 0.3 is 0 Å². The summed E-state index contributed by atoms with van der Waals surface area (Å²) in [6.45, 7) is 1.81. The summed E-state index contributed by atoms with van der Waals surface area (Å²) in [5.41, 5.74) is 0. The summed E-state index contributed by atoms with van der Waals surface area (Å²) in [5.74, 6) is 0. The van der Waals surface area contributed by atoms with E-state index in [4.69, 9.17) is 4.74 Å². The zero-order chi connectivity index (χ0) is 10.7. The van der Waals surface area contributed by atoms with Crippen LogP contribution in [0.25, 0.3) is 0 Å². The minimum atomic E-state index is 0.353. The maximum atomic E-state index is 5.68. The topological polar surface area (TPSA) is 38.2 Å². The normalized spacial score (nSPS) is 21.6. The highest BCUT2D eigenvalue weighted by molar-refractivity contribution is 9.11. The monoisotopic (exact) mass is 291 g/mol. The first-order chi connectivity index (χ1) is 7.25. The Morgan fingerprint density at radius 3 is 3.00 bits per heavy atom. The molecular weight excluding hydrogens is 278 g/mol. The molecule has 6 heteroatoms. The Kier molecular flexibility index (Phi) is 3.93. The fourth-order valence-corrected chi connectivity index (χ4v) is 2.75. The van der Waals surface area contributed by atoms with Crippen molar-refractivity contribution in [2.75, 3.05) is 25.1 Å². The second-order valence-electron chi connectivity index (χ2n) is 3.71. The lowest BCUT2D eigenvalue weighted by Crippen LogP contribution is -2.33. The summed E-state index contributed by atoms with van der Waals surface area (Å²) in [7, 11) is 2.03. The minimum Gasteiger partial charge on any atom is -0.376 e. The molecule has 2 rings (SSSR count). The third-order valence-electron chi connectivity index (χ3n) is 2.47. The fraction of sp³-hybridized carbons (Fsp3) is 0.778. The number of ether oxygens (including phenoxy) is 1. The molecule has 0 bridgehead atoms. The molecule has 0 N–H and O–H groups in total. The number of likely N-dealkylation sites (N-methyl/N-ethyl adjacent to an activating group) is 1. The molecular formula is C9H14BrN3OS. The molecule has 1 aromatic rings. The highest BCUT2D eigenvalue weighted by Gasteiger charge is 2.17. The van der Waals surface area contributed by atoms with E-state index in [9.17, 15) is 0 Å². The molecule has 0 aromatic carbocycles. The van der Waals surface area contributed by atoms with Crippen molar-refractivity contribution in [3.05, 3.63) is 3.92 Å². The first kappa shape index (κ1) is 11.3. The molecule has 0 saturated carbocycles. The number of rotatable bonds is 3. The average molecular weight is 292 g/mol. The van der Waals surface area contributed by atoms with Crippen molar-refractivity contribution >= 4 is 32.4 Å². The fourth-order valence-electron chi connectivity index (χ4n) is 1.69. The molecule has 1 aromatic heterocycles. The highest BCUT2D eigenvalue weighted by atomic mass is 79.9. The van der Waals surface area contributed by atoms with Crippen LogP contribution in [-0.2, 0) is 4.74 Å². The van der Waals surface area contributed by atoms with Crippen LogP contribution in [0.2, 0.25) is 0 Å². The molecule has 1 aliphatic heterocycles. The van der Waals surface area contributed by atoms with Gasteiger partial charge in [-0.1, -0.05) is 11.3 Å². The Balaban J connectivity index is 1.88. The van der Waals surface area contributed by atoms with Gasteiger partial charge < -0.3 is 9.64 Å². The molecule has 1 unspecified atom stereocenters. The van der Waals surface area contributed by atoms with E-state index in [2.05, 4.69) is 31.0 Å². The molecule has 84 valence electrons. The van der Waals surface area contributed by atoms with Crippen molar-refractivity contribution < 1.29 is 4.74 Å². The van der Waals surface area contributed by atoms with E-state index in [1.165, 1.54) is 12.8 Å². The Hall–Kier alpha value is -0.200.